The van der Waals surface area contributed by atoms with Gasteiger partial charge in [-0.25, -0.2) is 4.98 Å². The van der Waals surface area contributed by atoms with Crippen LogP contribution in [0.3, 0.4) is 0 Å². The quantitative estimate of drug-likeness (QED) is 0.719. The Morgan fingerprint density at radius 2 is 2.42 bits per heavy atom. The van der Waals surface area contributed by atoms with Crippen molar-refractivity contribution in [2.75, 3.05) is 0 Å². The van der Waals surface area contributed by atoms with Crippen molar-refractivity contribution < 1.29 is 0 Å². The number of nitrogens with zero attached hydrogens (tertiary/aromatic N) is 1. The molecule has 1 aromatic heterocycles. The molecular formula is C9H17N3. The molecule has 0 aliphatic carbocycles. The fourth-order valence-electron chi connectivity index (χ4n) is 1.36. The zero-order chi connectivity index (χ0) is 8.97. The summed E-state index contributed by atoms with van der Waals surface area (Å²) in [5.41, 5.74) is 5.98. The fourth-order valence-corrected chi connectivity index (χ4v) is 1.36. The number of nitrogens with one attached hydrogen (secondary N) is 1. The fraction of sp³-hybridized carbons (Fsp3) is 0.667. The summed E-state index contributed by atoms with van der Waals surface area (Å²) in [6.45, 7) is 4.34. The summed E-state index contributed by atoms with van der Waals surface area (Å²) in [7, 11) is 0. The zero-order valence-corrected chi connectivity index (χ0v) is 7.75. The molecule has 0 aliphatic rings. The van der Waals surface area contributed by atoms with Gasteiger partial charge in [-0.3, -0.25) is 0 Å². The van der Waals surface area contributed by atoms with Gasteiger partial charge in [0.15, 0.2) is 0 Å². The van der Waals surface area contributed by atoms with Crippen molar-refractivity contribution in [3.05, 3.63) is 18.2 Å². The lowest BCUT2D eigenvalue weighted by Gasteiger charge is -2.16. The van der Waals surface area contributed by atoms with Gasteiger partial charge in [0.25, 0.3) is 0 Å². The molecule has 68 valence electrons. The Bertz CT molecular complexity index is 206. The van der Waals surface area contributed by atoms with Crippen molar-refractivity contribution >= 4 is 0 Å². The monoisotopic (exact) mass is 167 g/mol. The van der Waals surface area contributed by atoms with Crippen molar-refractivity contribution in [2.24, 2.45) is 11.7 Å². The van der Waals surface area contributed by atoms with Crippen LogP contribution in [-0.4, -0.2) is 9.97 Å². The van der Waals surface area contributed by atoms with Gasteiger partial charge in [0, 0.05) is 12.4 Å². The lowest BCUT2D eigenvalue weighted by atomic mass is 9.97. The van der Waals surface area contributed by atoms with Crippen molar-refractivity contribution in [2.45, 2.75) is 32.7 Å². The maximum Gasteiger partial charge on any atom is 0.123 e. The number of hydrogen-bond acceptors (Lipinski definition) is 2. The molecule has 12 heavy (non-hydrogen) atoms. The number of aromatic amines is 1. The number of imidazole rings is 1. The summed E-state index contributed by atoms with van der Waals surface area (Å²) in [5.74, 6) is 1.40. The Hall–Kier alpha value is -0.830. The van der Waals surface area contributed by atoms with Crippen LogP contribution in [0.1, 0.15) is 38.6 Å². The average Bonchev–Trinajstić information content (AvgIpc) is 2.55. The summed E-state index contributed by atoms with van der Waals surface area (Å²) in [6, 6.07) is 0.0555. The van der Waals surface area contributed by atoms with E-state index in [4.69, 9.17) is 5.73 Å². The zero-order valence-electron chi connectivity index (χ0n) is 7.75. The van der Waals surface area contributed by atoms with Gasteiger partial charge in [-0.1, -0.05) is 20.3 Å². The van der Waals surface area contributed by atoms with Crippen LogP contribution in [0.25, 0.3) is 0 Å². The third-order valence-corrected chi connectivity index (χ3v) is 2.19. The van der Waals surface area contributed by atoms with E-state index in [1.165, 1.54) is 6.42 Å². The molecule has 1 aromatic rings. The molecule has 0 amide bonds. The van der Waals surface area contributed by atoms with Crippen LogP contribution in [-0.2, 0) is 0 Å². The van der Waals surface area contributed by atoms with E-state index < -0.39 is 0 Å². The van der Waals surface area contributed by atoms with Gasteiger partial charge in [-0.15, -0.1) is 0 Å². The average molecular weight is 167 g/mol. The number of aromatic nitrogens is 2. The smallest absolute Gasteiger partial charge is 0.123 e. The van der Waals surface area contributed by atoms with Crippen LogP contribution < -0.4 is 5.73 Å². The van der Waals surface area contributed by atoms with E-state index >= 15 is 0 Å². The number of H-pyrrole nitrogens is 1. The highest BCUT2D eigenvalue weighted by Crippen LogP contribution is 2.19. The van der Waals surface area contributed by atoms with E-state index in [0.717, 1.165) is 12.2 Å². The van der Waals surface area contributed by atoms with Crippen LogP contribution >= 0.6 is 0 Å². The van der Waals surface area contributed by atoms with Crippen LogP contribution in [0.5, 0.6) is 0 Å². The topological polar surface area (TPSA) is 54.7 Å². The van der Waals surface area contributed by atoms with E-state index in [1.807, 2.05) is 6.20 Å². The minimum Gasteiger partial charge on any atom is -0.347 e. The van der Waals surface area contributed by atoms with Crippen LogP contribution in [0.2, 0.25) is 0 Å². The first-order valence-electron chi connectivity index (χ1n) is 4.50. The predicted molar refractivity (Wildman–Crippen MR) is 49.6 cm³/mol. The molecule has 3 nitrogen and oxygen atoms in total. The molecule has 0 radical (unpaired) electrons. The normalized spacial score (nSPS) is 15.9. The van der Waals surface area contributed by atoms with Crippen LogP contribution in [0.4, 0.5) is 0 Å². The minimum atomic E-state index is 0.0555. The summed E-state index contributed by atoms with van der Waals surface area (Å²) in [6.07, 6.45) is 5.89. The first kappa shape index (κ1) is 9.26. The molecule has 0 saturated heterocycles. The molecule has 2 atom stereocenters. The van der Waals surface area contributed by atoms with Gasteiger partial charge < -0.3 is 10.7 Å². The molecule has 0 aliphatic heterocycles. The van der Waals surface area contributed by atoms with Gasteiger partial charge in [-0.2, -0.15) is 0 Å². The number of nitrogens with two attached hydrogens (primary N) is 1. The molecule has 0 saturated carbocycles. The van der Waals surface area contributed by atoms with E-state index in [0.29, 0.717) is 5.92 Å². The molecule has 2 unspecified atom stereocenters. The highest BCUT2D eigenvalue weighted by molar-refractivity contribution is 4.95. The van der Waals surface area contributed by atoms with Crippen LogP contribution in [0.15, 0.2) is 12.4 Å². The first-order chi connectivity index (χ1) is 5.75. The van der Waals surface area contributed by atoms with E-state index in [1.54, 1.807) is 6.20 Å². The molecule has 0 bridgehead atoms. The summed E-state index contributed by atoms with van der Waals surface area (Å²) >= 11 is 0. The molecule has 0 aromatic carbocycles. The van der Waals surface area contributed by atoms with Crippen LogP contribution in [0, 0.1) is 5.92 Å². The van der Waals surface area contributed by atoms with E-state index in [9.17, 15) is 0 Å². The molecule has 0 fully saturated rings. The Labute approximate surface area is 73.4 Å². The lowest BCUT2D eigenvalue weighted by molar-refractivity contribution is 0.420. The van der Waals surface area contributed by atoms with Gasteiger partial charge in [-0.05, 0) is 12.3 Å². The largest absolute Gasteiger partial charge is 0.347 e. The summed E-state index contributed by atoms with van der Waals surface area (Å²) in [4.78, 5) is 7.18. The number of hydrogen-bond donors (Lipinski definition) is 2. The van der Waals surface area contributed by atoms with E-state index in [-0.39, 0.29) is 6.04 Å². The van der Waals surface area contributed by atoms with E-state index in [2.05, 4.69) is 23.8 Å². The predicted octanol–water partition coefficient (Wildman–Crippen LogP) is 1.85. The molecule has 0 spiro atoms. The first-order valence-corrected chi connectivity index (χ1v) is 4.50. The SMILES string of the molecule is CCCC(C)C(N)c1ncc[nH]1. The minimum absolute atomic E-state index is 0.0555. The molecule has 3 heteroatoms. The van der Waals surface area contributed by atoms with Crippen molar-refractivity contribution in [1.82, 2.24) is 9.97 Å². The van der Waals surface area contributed by atoms with Crippen molar-refractivity contribution in [3.8, 4) is 0 Å². The summed E-state index contributed by atoms with van der Waals surface area (Å²) < 4.78 is 0. The van der Waals surface area contributed by atoms with Gasteiger partial charge in [0.2, 0.25) is 0 Å². The van der Waals surface area contributed by atoms with Gasteiger partial charge in [0.1, 0.15) is 5.82 Å². The Balaban J connectivity index is 2.53. The Morgan fingerprint density at radius 1 is 1.67 bits per heavy atom. The third-order valence-electron chi connectivity index (χ3n) is 2.19. The highest BCUT2D eigenvalue weighted by atomic mass is 14.9. The second-order valence-corrected chi connectivity index (χ2v) is 3.27. The molecule has 1 heterocycles. The van der Waals surface area contributed by atoms with Crippen molar-refractivity contribution in [1.29, 1.82) is 0 Å². The second-order valence-electron chi connectivity index (χ2n) is 3.27. The van der Waals surface area contributed by atoms with Gasteiger partial charge >= 0.3 is 0 Å². The van der Waals surface area contributed by atoms with Crippen molar-refractivity contribution in [3.63, 3.8) is 0 Å². The standard InChI is InChI=1S/C9H17N3/c1-3-4-7(2)8(10)9-11-5-6-12-9/h5-8H,3-4,10H2,1-2H3,(H,11,12). The third kappa shape index (κ3) is 2.08. The second kappa shape index (κ2) is 4.26. The summed E-state index contributed by atoms with van der Waals surface area (Å²) in [5, 5.41) is 0. The van der Waals surface area contributed by atoms with Gasteiger partial charge in [0.05, 0.1) is 6.04 Å². The lowest BCUT2D eigenvalue weighted by Crippen LogP contribution is -2.20. The Kier molecular flexibility index (Phi) is 3.29. The highest BCUT2D eigenvalue weighted by Gasteiger charge is 2.15. The molecule has 3 N–H and O–H groups in total. The molecule has 1 rings (SSSR count). The molecular weight excluding hydrogens is 150 g/mol. The Morgan fingerprint density at radius 3 is 2.92 bits per heavy atom. The maximum atomic E-state index is 5.98. The number of rotatable bonds is 4. The maximum absolute atomic E-state index is 5.98.